The van der Waals surface area contributed by atoms with Gasteiger partial charge in [0.15, 0.2) is 5.82 Å². The van der Waals surface area contributed by atoms with Gasteiger partial charge in [-0.05, 0) is 16.3 Å². The molecule has 6 nitrogen and oxygen atoms in total. The van der Waals surface area contributed by atoms with Crippen LogP contribution in [0.25, 0.3) is 0 Å². The van der Waals surface area contributed by atoms with Crippen LogP contribution in [-0.4, -0.2) is 32.7 Å². The third-order valence-corrected chi connectivity index (χ3v) is 1.73. The van der Waals surface area contributed by atoms with Crippen LogP contribution in [0.3, 0.4) is 0 Å². The van der Waals surface area contributed by atoms with Crippen molar-refractivity contribution in [2.24, 2.45) is 13.0 Å². The molecule has 1 heterocycles. The molecule has 14 heavy (non-hydrogen) atoms. The van der Waals surface area contributed by atoms with Crippen molar-refractivity contribution in [3.63, 3.8) is 0 Å². The lowest BCUT2D eigenvalue weighted by Gasteiger charge is -2.06. The molecule has 1 rings (SSSR count). The fourth-order valence-electron chi connectivity index (χ4n) is 0.922. The van der Waals surface area contributed by atoms with Gasteiger partial charge in [-0.2, -0.15) is 0 Å². The molecule has 1 amide bonds. The minimum atomic E-state index is -0.0448. The summed E-state index contributed by atoms with van der Waals surface area (Å²) in [4.78, 5) is 11.3. The highest BCUT2D eigenvalue weighted by Gasteiger charge is 2.08. The average molecular weight is 197 g/mol. The van der Waals surface area contributed by atoms with E-state index in [-0.39, 0.29) is 12.3 Å². The molecule has 0 saturated carbocycles. The zero-order valence-electron chi connectivity index (χ0n) is 8.69. The fourth-order valence-corrected chi connectivity index (χ4v) is 0.922. The third-order valence-electron chi connectivity index (χ3n) is 1.73. The molecule has 0 atom stereocenters. The minimum Gasteiger partial charge on any atom is -0.355 e. The number of rotatable bonds is 4. The Balaban J connectivity index is 2.38. The van der Waals surface area contributed by atoms with Crippen LogP contribution in [0.5, 0.6) is 0 Å². The molecule has 0 aromatic carbocycles. The summed E-state index contributed by atoms with van der Waals surface area (Å²) in [5.41, 5.74) is 0. The second kappa shape index (κ2) is 4.69. The van der Waals surface area contributed by atoms with Crippen LogP contribution in [-0.2, 0) is 18.3 Å². The van der Waals surface area contributed by atoms with Crippen LogP contribution in [0.2, 0.25) is 0 Å². The van der Waals surface area contributed by atoms with Gasteiger partial charge in [0.05, 0.1) is 6.42 Å². The Bertz CT molecular complexity index is 306. The maximum absolute atomic E-state index is 11.3. The van der Waals surface area contributed by atoms with Gasteiger partial charge in [0.1, 0.15) is 0 Å². The SMILES string of the molecule is CC(C)CNC(=O)Cc1nnnn1C. The van der Waals surface area contributed by atoms with Crippen molar-refractivity contribution in [1.82, 2.24) is 25.5 Å². The van der Waals surface area contributed by atoms with Crippen LogP contribution in [0.1, 0.15) is 19.7 Å². The number of nitrogens with one attached hydrogen (secondary N) is 1. The van der Waals surface area contributed by atoms with E-state index in [0.29, 0.717) is 18.3 Å². The molecule has 1 N–H and O–H groups in total. The number of tetrazole rings is 1. The molecular formula is C8H15N5O. The zero-order chi connectivity index (χ0) is 10.6. The van der Waals surface area contributed by atoms with Gasteiger partial charge in [-0.15, -0.1) is 5.10 Å². The Morgan fingerprint density at radius 2 is 2.29 bits per heavy atom. The molecule has 0 aliphatic heterocycles. The summed E-state index contributed by atoms with van der Waals surface area (Å²) in [7, 11) is 1.71. The summed E-state index contributed by atoms with van der Waals surface area (Å²) >= 11 is 0. The Labute approximate surface area is 82.7 Å². The highest BCUT2D eigenvalue weighted by atomic mass is 16.1. The van der Waals surface area contributed by atoms with Crippen molar-refractivity contribution in [2.45, 2.75) is 20.3 Å². The number of aryl methyl sites for hydroxylation is 1. The minimum absolute atomic E-state index is 0.0448. The molecule has 0 bridgehead atoms. The molecule has 0 saturated heterocycles. The van der Waals surface area contributed by atoms with E-state index in [9.17, 15) is 4.79 Å². The number of nitrogens with zero attached hydrogens (tertiary/aromatic N) is 4. The van der Waals surface area contributed by atoms with Crippen LogP contribution in [0.4, 0.5) is 0 Å². The summed E-state index contributed by atoms with van der Waals surface area (Å²) in [6.45, 7) is 4.78. The van der Waals surface area contributed by atoms with Crippen molar-refractivity contribution in [1.29, 1.82) is 0 Å². The van der Waals surface area contributed by atoms with E-state index in [1.165, 1.54) is 4.68 Å². The first-order chi connectivity index (χ1) is 6.59. The first kappa shape index (κ1) is 10.6. The lowest BCUT2D eigenvalue weighted by molar-refractivity contribution is -0.120. The van der Waals surface area contributed by atoms with Crippen molar-refractivity contribution in [2.75, 3.05) is 6.54 Å². The molecule has 0 unspecified atom stereocenters. The van der Waals surface area contributed by atoms with Gasteiger partial charge >= 0.3 is 0 Å². The average Bonchev–Trinajstić information content (AvgIpc) is 2.49. The lowest BCUT2D eigenvalue weighted by atomic mass is 10.2. The third kappa shape index (κ3) is 3.12. The second-order valence-corrected chi connectivity index (χ2v) is 3.59. The summed E-state index contributed by atoms with van der Waals surface area (Å²) in [6, 6.07) is 0. The van der Waals surface area contributed by atoms with Crippen LogP contribution in [0, 0.1) is 5.92 Å². The monoisotopic (exact) mass is 197 g/mol. The second-order valence-electron chi connectivity index (χ2n) is 3.59. The Morgan fingerprint density at radius 1 is 1.57 bits per heavy atom. The predicted molar refractivity (Wildman–Crippen MR) is 50.3 cm³/mol. The lowest BCUT2D eigenvalue weighted by Crippen LogP contribution is -2.29. The molecule has 0 aliphatic rings. The van der Waals surface area contributed by atoms with E-state index in [2.05, 4.69) is 20.8 Å². The summed E-state index contributed by atoms with van der Waals surface area (Å²) < 4.78 is 1.49. The quantitative estimate of drug-likeness (QED) is 0.708. The van der Waals surface area contributed by atoms with Crippen LogP contribution < -0.4 is 5.32 Å². The topological polar surface area (TPSA) is 72.7 Å². The van der Waals surface area contributed by atoms with E-state index in [4.69, 9.17) is 0 Å². The van der Waals surface area contributed by atoms with Gasteiger partial charge in [-0.1, -0.05) is 13.8 Å². The molecule has 0 aliphatic carbocycles. The Kier molecular flexibility index (Phi) is 3.55. The van der Waals surface area contributed by atoms with Gasteiger partial charge in [0, 0.05) is 13.6 Å². The molecular weight excluding hydrogens is 182 g/mol. The predicted octanol–water partition coefficient (Wildman–Crippen LogP) is -0.475. The normalized spacial score (nSPS) is 10.6. The Morgan fingerprint density at radius 3 is 2.79 bits per heavy atom. The van der Waals surface area contributed by atoms with E-state index in [1.807, 2.05) is 13.8 Å². The summed E-state index contributed by atoms with van der Waals surface area (Å²) in [5, 5.41) is 13.6. The molecule has 1 aromatic heterocycles. The highest BCUT2D eigenvalue weighted by Crippen LogP contribution is 1.92. The summed E-state index contributed by atoms with van der Waals surface area (Å²) in [6.07, 6.45) is 0.232. The van der Waals surface area contributed by atoms with Gasteiger partial charge in [-0.25, -0.2) is 4.68 Å². The first-order valence-electron chi connectivity index (χ1n) is 4.57. The van der Waals surface area contributed by atoms with Crippen molar-refractivity contribution < 1.29 is 4.79 Å². The molecule has 6 heteroatoms. The Hall–Kier alpha value is -1.46. The molecule has 0 spiro atoms. The molecule has 0 fully saturated rings. The van der Waals surface area contributed by atoms with Crippen LogP contribution in [0.15, 0.2) is 0 Å². The van der Waals surface area contributed by atoms with E-state index >= 15 is 0 Å². The number of aromatic nitrogens is 4. The van der Waals surface area contributed by atoms with Crippen molar-refractivity contribution >= 4 is 5.91 Å². The van der Waals surface area contributed by atoms with Gasteiger partial charge in [-0.3, -0.25) is 4.79 Å². The van der Waals surface area contributed by atoms with E-state index in [1.54, 1.807) is 7.05 Å². The van der Waals surface area contributed by atoms with Gasteiger partial charge in [0.2, 0.25) is 5.91 Å². The number of amides is 1. The largest absolute Gasteiger partial charge is 0.355 e. The summed E-state index contributed by atoms with van der Waals surface area (Å²) in [5.74, 6) is 0.986. The van der Waals surface area contributed by atoms with Gasteiger partial charge < -0.3 is 5.32 Å². The van der Waals surface area contributed by atoms with Gasteiger partial charge in [0.25, 0.3) is 0 Å². The number of hydrogen-bond donors (Lipinski definition) is 1. The van der Waals surface area contributed by atoms with E-state index in [0.717, 1.165) is 0 Å². The van der Waals surface area contributed by atoms with Crippen molar-refractivity contribution in [3.05, 3.63) is 5.82 Å². The number of carbonyl (C=O) groups excluding carboxylic acids is 1. The van der Waals surface area contributed by atoms with Crippen molar-refractivity contribution in [3.8, 4) is 0 Å². The van der Waals surface area contributed by atoms with E-state index < -0.39 is 0 Å². The molecule has 0 radical (unpaired) electrons. The molecule has 1 aromatic rings. The maximum atomic E-state index is 11.3. The number of carbonyl (C=O) groups is 1. The zero-order valence-corrected chi connectivity index (χ0v) is 8.69. The molecule has 78 valence electrons. The smallest absolute Gasteiger partial charge is 0.227 e. The first-order valence-corrected chi connectivity index (χ1v) is 4.57. The maximum Gasteiger partial charge on any atom is 0.227 e. The van der Waals surface area contributed by atoms with Crippen LogP contribution >= 0.6 is 0 Å². The standard InChI is InChI=1S/C8H15N5O/c1-6(2)5-9-8(14)4-7-10-11-12-13(7)3/h6H,4-5H2,1-3H3,(H,9,14). The highest BCUT2D eigenvalue weighted by molar-refractivity contribution is 5.77. The number of hydrogen-bond acceptors (Lipinski definition) is 4. The fraction of sp³-hybridized carbons (Fsp3) is 0.750.